The molecular weight excluding hydrogens is 238 g/mol. The third-order valence-electron chi connectivity index (χ3n) is 3.20. The van der Waals surface area contributed by atoms with E-state index in [2.05, 4.69) is 17.6 Å². The molecule has 106 valence electrons. The Morgan fingerprint density at radius 1 is 1.21 bits per heavy atom. The first-order chi connectivity index (χ1) is 8.84. The minimum absolute atomic E-state index is 0.0172. The van der Waals surface area contributed by atoms with Crippen LogP contribution in [0.5, 0.6) is 0 Å². The van der Waals surface area contributed by atoms with E-state index in [-0.39, 0.29) is 11.4 Å². The first kappa shape index (κ1) is 15.3. The standard InChI is InChI=1S/C15H25N3O/c1-6-15(2,3)17-14(19)11-16-12-7-9-13(10-8-12)18(4)5/h7-10,16H,6,11H2,1-5H3,(H,17,19). The fourth-order valence-corrected chi connectivity index (χ4v) is 1.57. The highest BCUT2D eigenvalue weighted by atomic mass is 16.2. The molecule has 0 saturated carbocycles. The summed E-state index contributed by atoms with van der Waals surface area (Å²) < 4.78 is 0. The number of carbonyl (C=O) groups excluding carboxylic acids is 1. The molecule has 1 aromatic carbocycles. The van der Waals surface area contributed by atoms with Crippen molar-refractivity contribution in [2.45, 2.75) is 32.7 Å². The first-order valence-electron chi connectivity index (χ1n) is 6.66. The molecule has 1 amide bonds. The Balaban J connectivity index is 2.46. The lowest BCUT2D eigenvalue weighted by molar-refractivity contribution is -0.121. The van der Waals surface area contributed by atoms with Gasteiger partial charge in [-0.3, -0.25) is 4.79 Å². The number of carbonyl (C=O) groups is 1. The van der Waals surface area contributed by atoms with Crippen molar-refractivity contribution in [2.24, 2.45) is 0 Å². The van der Waals surface area contributed by atoms with Crippen LogP contribution in [0, 0.1) is 0 Å². The summed E-state index contributed by atoms with van der Waals surface area (Å²) in [5, 5.41) is 6.12. The van der Waals surface area contributed by atoms with Crippen molar-refractivity contribution in [1.29, 1.82) is 0 Å². The summed E-state index contributed by atoms with van der Waals surface area (Å²) in [5.41, 5.74) is 1.95. The molecule has 0 spiro atoms. The van der Waals surface area contributed by atoms with Gasteiger partial charge in [0, 0.05) is 31.0 Å². The van der Waals surface area contributed by atoms with E-state index >= 15 is 0 Å². The van der Waals surface area contributed by atoms with Crippen molar-refractivity contribution in [3.63, 3.8) is 0 Å². The van der Waals surface area contributed by atoms with Gasteiger partial charge in [0.05, 0.1) is 6.54 Å². The minimum Gasteiger partial charge on any atom is -0.378 e. The average molecular weight is 263 g/mol. The number of amides is 1. The predicted molar refractivity (Wildman–Crippen MR) is 81.8 cm³/mol. The van der Waals surface area contributed by atoms with Crippen LogP contribution >= 0.6 is 0 Å². The first-order valence-corrected chi connectivity index (χ1v) is 6.66. The van der Waals surface area contributed by atoms with Crippen molar-refractivity contribution in [3.8, 4) is 0 Å². The number of hydrogen-bond donors (Lipinski definition) is 2. The molecule has 1 aromatic rings. The molecule has 0 aliphatic rings. The lowest BCUT2D eigenvalue weighted by Crippen LogP contribution is -2.45. The van der Waals surface area contributed by atoms with E-state index in [1.165, 1.54) is 0 Å². The average Bonchev–Trinajstić information content (AvgIpc) is 2.36. The fourth-order valence-electron chi connectivity index (χ4n) is 1.57. The van der Waals surface area contributed by atoms with E-state index in [1.54, 1.807) is 0 Å². The predicted octanol–water partition coefficient (Wildman–Crippen LogP) is 2.47. The van der Waals surface area contributed by atoms with Gasteiger partial charge in [-0.05, 0) is 44.5 Å². The zero-order valence-corrected chi connectivity index (χ0v) is 12.6. The molecule has 0 heterocycles. The van der Waals surface area contributed by atoms with Crippen LogP contribution < -0.4 is 15.5 Å². The van der Waals surface area contributed by atoms with Crippen LogP contribution in [0.2, 0.25) is 0 Å². The van der Waals surface area contributed by atoms with Crippen LogP contribution in [0.3, 0.4) is 0 Å². The molecule has 4 heteroatoms. The number of benzene rings is 1. The van der Waals surface area contributed by atoms with Crippen LogP contribution in [0.15, 0.2) is 24.3 Å². The van der Waals surface area contributed by atoms with Crippen LogP contribution in [-0.4, -0.2) is 32.1 Å². The van der Waals surface area contributed by atoms with Gasteiger partial charge in [0.25, 0.3) is 0 Å². The highest BCUT2D eigenvalue weighted by Crippen LogP contribution is 2.15. The van der Waals surface area contributed by atoms with Crippen molar-refractivity contribution < 1.29 is 4.79 Å². The van der Waals surface area contributed by atoms with Gasteiger partial charge in [-0.15, -0.1) is 0 Å². The van der Waals surface area contributed by atoms with E-state index in [0.29, 0.717) is 6.54 Å². The van der Waals surface area contributed by atoms with E-state index < -0.39 is 0 Å². The van der Waals surface area contributed by atoms with Gasteiger partial charge in [-0.1, -0.05) is 6.92 Å². The Labute approximate surface area is 116 Å². The van der Waals surface area contributed by atoms with E-state index in [4.69, 9.17) is 0 Å². The summed E-state index contributed by atoms with van der Waals surface area (Å²) in [6.07, 6.45) is 0.913. The van der Waals surface area contributed by atoms with Gasteiger partial charge in [0.2, 0.25) is 5.91 Å². The van der Waals surface area contributed by atoms with Crippen molar-refractivity contribution >= 4 is 17.3 Å². The Morgan fingerprint density at radius 3 is 2.26 bits per heavy atom. The lowest BCUT2D eigenvalue weighted by Gasteiger charge is -2.24. The number of anilines is 2. The van der Waals surface area contributed by atoms with Crippen LogP contribution in [0.1, 0.15) is 27.2 Å². The third kappa shape index (κ3) is 5.20. The van der Waals surface area contributed by atoms with E-state index in [9.17, 15) is 4.79 Å². The normalized spacial score (nSPS) is 11.0. The largest absolute Gasteiger partial charge is 0.378 e. The molecule has 0 radical (unpaired) electrons. The molecule has 4 nitrogen and oxygen atoms in total. The molecule has 0 aliphatic carbocycles. The second-order valence-corrected chi connectivity index (χ2v) is 5.58. The van der Waals surface area contributed by atoms with Gasteiger partial charge in [0.1, 0.15) is 0 Å². The highest BCUT2D eigenvalue weighted by Gasteiger charge is 2.17. The van der Waals surface area contributed by atoms with Gasteiger partial charge in [0.15, 0.2) is 0 Å². The van der Waals surface area contributed by atoms with Crippen molar-refractivity contribution in [3.05, 3.63) is 24.3 Å². The van der Waals surface area contributed by atoms with Crippen molar-refractivity contribution in [1.82, 2.24) is 5.32 Å². The molecule has 0 unspecified atom stereocenters. The monoisotopic (exact) mass is 263 g/mol. The Hall–Kier alpha value is -1.71. The summed E-state index contributed by atoms with van der Waals surface area (Å²) in [4.78, 5) is 13.8. The molecular formula is C15H25N3O. The molecule has 0 bridgehead atoms. The number of rotatable bonds is 6. The van der Waals surface area contributed by atoms with Gasteiger partial charge in [-0.2, -0.15) is 0 Å². The van der Waals surface area contributed by atoms with Crippen LogP contribution in [0.25, 0.3) is 0 Å². The van der Waals surface area contributed by atoms with Crippen molar-refractivity contribution in [2.75, 3.05) is 30.9 Å². The van der Waals surface area contributed by atoms with Crippen LogP contribution in [0.4, 0.5) is 11.4 Å². The summed E-state index contributed by atoms with van der Waals surface area (Å²) in [6, 6.07) is 8.01. The SMILES string of the molecule is CCC(C)(C)NC(=O)CNc1ccc(N(C)C)cc1. The quantitative estimate of drug-likeness (QED) is 0.828. The Morgan fingerprint density at radius 2 is 1.79 bits per heavy atom. The smallest absolute Gasteiger partial charge is 0.239 e. The Bertz CT molecular complexity index is 410. The third-order valence-corrected chi connectivity index (χ3v) is 3.20. The lowest BCUT2D eigenvalue weighted by atomic mass is 10.0. The molecule has 0 aliphatic heterocycles. The summed E-state index contributed by atoms with van der Waals surface area (Å²) >= 11 is 0. The molecule has 0 saturated heterocycles. The zero-order chi connectivity index (χ0) is 14.5. The molecule has 0 aromatic heterocycles. The molecule has 0 fully saturated rings. The zero-order valence-electron chi connectivity index (χ0n) is 12.6. The minimum atomic E-state index is -0.145. The maximum Gasteiger partial charge on any atom is 0.239 e. The fraction of sp³-hybridized carbons (Fsp3) is 0.533. The summed E-state index contributed by atoms with van der Waals surface area (Å²) in [6.45, 7) is 6.41. The molecule has 19 heavy (non-hydrogen) atoms. The second kappa shape index (κ2) is 6.45. The maximum absolute atomic E-state index is 11.8. The van der Waals surface area contributed by atoms with E-state index in [0.717, 1.165) is 17.8 Å². The Kier molecular flexibility index (Phi) is 5.21. The summed E-state index contributed by atoms with van der Waals surface area (Å²) in [5.74, 6) is 0.0172. The number of nitrogens with zero attached hydrogens (tertiary/aromatic N) is 1. The molecule has 2 N–H and O–H groups in total. The van der Waals surface area contributed by atoms with Crippen LogP contribution in [-0.2, 0) is 4.79 Å². The van der Waals surface area contributed by atoms with E-state index in [1.807, 2.05) is 57.1 Å². The van der Waals surface area contributed by atoms with Gasteiger partial charge < -0.3 is 15.5 Å². The van der Waals surface area contributed by atoms with Gasteiger partial charge >= 0.3 is 0 Å². The highest BCUT2D eigenvalue weighted by molar-refractivity contribution is 5.81. The van der Waals surface area contributed by atoms with Gasteiger partial charge in [-0.25, -0.2) is 0 Å². The number of hydrogen-bond acceptors (Lipinski definition) is 3. The topological polar surface area (TPSA) is 44.4 Å². The summed E-state index contributed by atoms with van der Waals surface area (Å²) in [7, 11) is 4.01. The second-order valence-electron chi connectivity index (χ2n) is 5.58. The molecule has 1 rings (SSSR count). The maximum atomic E-state index is 11.8. The number of nitrogens with one attached hydrogen (secondary N) is 2. The molecule has 0 atom stereocenters.